The molecule has 0 fully saturated rings. The fourth-order valence-electron chi connectivity index (χ4n) is 1.88. The molecule has 72 valence electrons. The molecule has 0 spiro atoms. The Morgan fingerprint density at radius 3 is 1.93 bits per heavy atom. The minimum atomic E-state index is -0.967. The smallest absolute Gasteiger partial charge is 0.101 e. The monoisotopic (exact) mass is 196 g/mol. The molecule has 4 nitrogen and oxygen atoms in total. The van der Waals surface area contributed by atoms with E-state index in [1.165, 1.54) is 0 Å². The fourth-order valence-corrected chi connectivity index (χ4v) is 1.88. The highest BCUT2D eigenvalue weighted by Crippen LogP contribution is 2.49. The maximum Gasteiger partial charge on any atom is 0.101 e. The van der Waals surface area contributed by atoms with Crippen LogP contribution in [-0.2, 0) is 0 Å². The normalized spacial score (nSPS) is 33.7. The average Bonchev–Trinajstić information content (AvgIpc) is 2.47. The first kappa shape index (κ1) is 10.8. The van der Waals surface area contributed by atoms with Crippen molar-refractivity contribution < 1.29 is 0 Å². The van der Waals surface area contributed by atoms with Crippen molar-refractivity contribution in [1.29, 1.82) is 21.0 Å². The van der Waals surface area contributed by atoms with Gasteiger partial charge < -0.3 is 0 Å². The Balaban J connectivity index is 3.46. The molecule has 0 N–H and O–H groups in total. The van der Waals surface area contributed by atoms with Gasteiger partial charge in [0.05, 0.1) is 35.3 Å². The minimum Gasteiger partial charge on any atom is -0.198 e. The van der Waals surface area contributed by atoms with Gasteiger partial charge in [-0.05, 0) is 6.92 Å². The fraction of sp³-hybridized carbons (Fsp3) is 0.455. The standard InChI is InChI=1S/C11H8N4/c1-7-8(3-12)9(4-13)10(5-14)11(7,2)6-15/h7,10H,1-2H3. The molecule has 4 heteroatoms. The number of nitrogens with zero attached hydrogens (tertiary/aromatic N) is 4. The van der Waals surface area contributed by atoms with Crippen molar-refractivity contribution in [3.8, 4) is 24.3 Å². The van der Waals surface area contributed by atoms with Gasteiger partial charge in [-0.1, -0.05) is 6.92 Å². The van der Waals surface area contributed by atoms with Crippen molar-refractivity contribution in [3.05, 3.63) is 11.1 Å². The van der Waals surface area contributed by atoms with E-state index in [0.717, 1.165) is 0 Å². The molecule has 0 aliphatic heterocycles. The van der Waals surface area contributed by atoms with Gasteiger partial charge in [0, 0.05) is 11.5 Å². The van der Waals surface area contributed by atoms with E-state index in [4.69, 9.17) is 21.0 Å². The van der Waals surface area contributed by atoms with E-state index in [2.05, 4.69) is 6.07 Å². The van der Waals surface area contributed by atoms with Gasteiger partial charge in [-0.15, -0.1) is 0 Å². The molecule has 0 radical (unpaired) electrons. The highest BCUT2D eigenvalue weighted by molar-refractivity contribution is 5.51. The molecule has 3 unspecified atom stereocenters. The topological polar surface area (TPSA) is 95.2 Å². The zero-order valence-corrected chi connectivity index (χ0v) is 8.44. The summed E-state index contributed by atoms with van der Waals surface area (Å²) >= 11 is 0. The molecule has 1 aliphatic carbocycles. The molecule has 0 bridgehead atoms. The molecular weight excluding hydrogens is 188 g/mol. The van der Waals surface area contributed by atoms with E-state index < -0.39 is 11.3 Å². The molecule has 0 saturated heterocycles. The van der Waals surface area contributed by atoms with Crippen LogP contribution in [0.2, 0.25) is 0 Å². The molecular formula is C11H8N4. The Kier molecular flexibility index (Phi) is 2.48. The summed E-state index contributed by atoms with van der Waals surface area (Å²) in [6.45, 7) is 3.32. The summed E-state index contributed by atoms with van der Waals surface area (Å²) in [6.07, 6.45) is 0. The van der Waals surface area contributed by atoms with Crippen LogP contribution in [0, 0.1) is 62.6 Å². The molecule has 3 atom stereocenters. The first-order valence-electron chi connectivity index (χ1n) is 4.42. The number of hydrogen-bond acceptors (Lipinski definition) is 4. The van der Waals surface area contributed by atoms with Crippen LogP contribution in [0.4, 0.5) is 0 Å². The molecule has 0 aromatic heterocycles. The summed E-state index contributed by atoms with van der Waals surface area (Å²) in [5, 5.41) is 35.8. The van der Waals surface area contributed by atoms with Crippen molar-refractivity contribution >= 4 is 0 Å². The lowest BCUT2D eigenvalue weighted by Gasteiger charge is -2.23. The Hall–Kier alpha value is -2.30. The van der Waals surface area contributed by atoms with Gasteiger partial charge in [0.25, 0.3) is 0 Å². The highest BCUT2D eigenvalue weighted by Gasteiger charge is 2.51. The molecule has 0 aromatic carbocycles. The number of rotatable bonds is 0. The van der Waals surface area contributed by atoms with Crippen molar-refractivity contribution in [2.45, 2.75) is 13.8 Å². The van der Waals surface area contributed by atoms with Crippen molar-refractivity contribution in [3.63, 3.8) is 0 Å². The maximum absolute atomic E-state index is 9.08. The van der Waals surface area contributed by atoms with Crippen molar-refractivity contribution in [2.24, 2.45) is 17.3 Å². The predicted molar refractivity (Wildman–Crippen MR) is 50.2 cm³/mol. The summed E-state index contributed by atoms with van der Waals surface area (Å²) < 4.78 is 0. The van der Waals surface area contributed by atoms with Gasteiger partial charge in [0.15, 0.2) is 0 Å². The molecule has 0 aromatic rings. The first-order valence-corrected chi connectivity index (χ1v) is 4.42. The van der Waals surface area contributed by atoms with Crippen molar-refractivity contribution in [1.82, 2.24) is 0 Å². The lowest BCUT2D eigenvalue weighted by molar-refractivity contribution is 0.312. The SMILES string of the molecule is CC1C(C#N)=C(C#N)C(C#N)C1(C)C#N. The predicted octanol–water partition coefficient (Wildman–Crippen LogP) is 1.65. The minimum absolute atomic E-state index is 0.150. The Labute approximate surface area is 88.3 Å². The van der Waals surface area contributed by atoms with Gasteiger partial charge in [0.1, 0.15) is 5.92 Å². The average molecular weight is 196 g/mol. The Morgan fingerprint density at radius 1 is 1.07 bits per heavy atom. The van der Waals surface area contributed by atoms with Gasteiger partial charge in [-0.25, -0.2) is 0 Å². The van der Waals surface area contributed by atoms with E-state index in [-0.39, 0.29) is 17.1 Å². The first-order chi connectivity index (χ1) is 7.06. The summed E-state index contributed by atoms with van der Waals surface area (Å²) in [5.74, 6) is -1.16. The van der Waals surface area contributed by atoms with Crippen molar-refractivity contribution in [2.75, 3.05) is 0 Å². The number of allylic oxidation sites excluding steroid dienone is 2. The lowest BCUT2D eigenvalue weighted by atomic mass is 9.73. The van der Waals surface area contributed by atoms with Crippen LogP contribution in [-0.4, -0.2) is 0 Å². The summed E-state index contributed by atoms with van der Waals surface area (Å²) in [5.41, 5.74) is -0.546. The third-order valence-corrected chi connectivity index (χ3v) is 3.12. The summed E-state index contributed by atoms with van der Waals surface area (Å²) in [6, 6.07) is 7.79. The molecule has 0 heterocycles. The second kappa shape index (κ2) is 3.45. The van der Waals surface area contributed by atoms with Crippen LogP contribution in [0.1, 0.15) is 13.8 Å². The molecule has 0 saturated carbocycles. The molecule has 15 heavy (non-hydrogen) atoms. The van der Waals surface area contributed by atoms with E-state index in [0.29, 0.717) is 0 Å². The van der Waals surface area contributed by atoms with Crippen LogP contribution in [0.5, 0.6) is 0 Å². The van der Waals surface area contributed by atoms with E-state index in [1.807, 2.05) is 18.2 Å². The van der Waals surface area contributed by atoms with Crippen LogP contribution < -0.4 is 0 Å². The summed E-state index contributed by atoms with van der Waals surface area (Å²) in [7, 11) is 0. The van der Waals surface area contributed by atoms with Gasteiger partial charge >= 0.3 is 0 Å². The number of nitriles is 4. The Bertz CT molecular complexity index is 489. The van der Waals surface area contributed by atoms with E-state index >= 15 is 0 Å². The Morgan fingerprint density at radius 2 is 1.60 bits per heavy atom. The van der Waals surface area contributed by atoms with Crippen LogP contribution in [0.25, 0.3) is 0 Å². The van der Waals surface area contributed by atoms with E-state index in [1.54, 1.807) is 13.8 Å². The van der Waals surface area contributed by atoms with Crippen LogP contribution >= 0.6 is 0 Å². The largest absolute Gasteiger partial charge is 0.198 e. The van der Waals surface area contributed by atoms with Crippen LogP contribution in [0.3, 0.4) is 0 Å². The van der Waals surface area contributed by atoms with E-state index in [9.17, 15) is 0 Å². The second-order valence-electron chi connectivity index (χ2n) is 3.73. The van der Waals surface area contributed by atoms with Gasteiger partial charge in [-0.3, -0.25) is 0 Å². The van der Waals surface area contributed by atoms with Crippen LogP contribution in [0.15, 0.2) is 11.1 Å². The van der Waals surface area contributed by atoms with Gasteiger partial charge in [-0.2, -0.15) is 21.0 Å². The second-order valence-corrected chi connectivity index (χ2v) is 3.73. The quantitative estimate of drug-likeness (QED) is 0.588. The third-order valence-electron chi connectivity index (χ3n) is 3.12. The zero-order valence-electron chi connectivity index (χ0n) is 8.44. The lowest BCUT2D eigenvalue weighted by Crippen LogP contribution is -2.27. The molecule has 1 rings (SSSR count). The maximum atomic E-state index is 9.08. The number of hydrogen-bond donors (Lipinski definition) is 0. The molecule has 1 aliphatic rings. The van der Waals surface area contributed by atoms with Gasteiger partial charge in [0.2, 0.25) is 0 Å². The zero-order chi connectivity index (χ0) is 11.6. The molecule has 0 amide bonds. The highest BCUT2D eigenvalue weighted by atomic mass is 14.5. The summed E-state index contributed by atoms with van der Waals surface area (Å²) in [4.78, 5) is 0. The third kappa shape index (κ3) is 1.17.